The van der Waals surface area contributed by atoms with Gasteiger partial charge in [0.2, 0.25) is 5.91 Å². The molecule has 2 heteroatoms. The summed E-state index contributed by atoms with van der Waals surface area (Å²) in [6, 6.07) is 0.253. The largest absolute Gasteiger partial charge is 0.353 e. The standard InChI is InChI=1S/C14H27NO/c1-11(14(2,3)4)15-13(16)10-12-8-6-5-7-9-12/h11-12H,5-10H2,1-4H3,(H,15,16). The van der Waals surface area contributed by atoms with E-state index in [2.05, 4.69) is 33.0 Å². The summed E-state index contributed by atoms with van der Waals surface area (Å²) < 4.78 is 0. The minimum atomic E-state index is 0.155. The van der Waals surface area contributed by atoms with Crippen molar-refractivity contribution in [3.63, 3.8) is 0 Å². The van der Waals surface area contributed by atoms with Gasteiger partial charge in [-0.3, -0.25) is 4.79 Å². The van der Waals surface area contributed by atoms with Crippen LogP contribution in [0.5, 0.6) is 0 Å². The van der Waals surface area contributed by atoms with E-state index in [1.165, 1.54) is 32.1 Å². The summed E-state index contributed by atoms with van der Waals surface area (Å²) in [6.45, 7) is 8.59. The van der Waals surface area contributed by atoms with E-state index in [9.17, 15) is 4.79 Å². The number of rotatable bonds is 3. The molecule has 0 aliphatic heterocycles. The summed E-state index contributed by atoms with van der Waals surface area (Å²) in [7, 11) is 0. The highest BCUT2D eigenvalue weighted by atomic mass is 16.1. The number of carbonyl (C=O) groups excluding carboxylic acids is 1. The zero-order chi connectivity index (χ0) is 12.2. The monoisotopic (exact) mass is 225 g/mol. The lowest BCUT2D eigenvalue weighted by molar-refractivity contribution is -0.123. The fraction of sp³-hybridized carbons (Fsp3) is 0.929. The predicted molar refractivity (Wildman–Crippen MR) is 68.3 cm³/mol. The molecule has 0 aromatic carbocycles. The molecule has 94 valence electrons. The second-order valence-electron chi connectivity index (χ2n) is 6.36. The van der Waals surface area contributed by atoms with Crippen molar-refractivity contribution >= 4 is 5.91 Å². The van der Waals surface area contributed by atoms with Gasteiger partial charge in [0, 0.05) is 12.5 Å². The van der Waals surface area contributed by atoms with Crippen molar-refractivity contribution in [2.75, 3.05) is 0 Å². The van der Waals surface area contributed by atoms with Gasteiger partial charge in [-0.15, -0.1) is 0 Å². The molecule has 1 aliphatic rings. The molecule has 16 heavy (non-hydrogen) atoms. The second kappa shape index (κ2) is 5.70. The summed E-state index contributed by atoms with van der Waals surface area (Å²) in [5.74, 6) is 0.884. The first-order valence-electron chi connectivity index (χ1n) is 6.69. The van der Waals surface area contributed by atoms with E-state index in [4.69, 9.17) is 0 Å². The average Bonchev–Trinajstić information content (AvgIpc) is 2.17. The van der Waals surface area contributed by atoms with Crippen LogP contribution in [-0.2, 0) is 4.79 Å². The number of carbonyl (C=O) groups is 1. The Hall–Kier alpha value is -0.530. The molecule has 0 aromatic heterocycles. The Morgan fingerprint density at radius 3 is 2.31 bits per heavy atom. The van der Waals surface area contributed by atoms with Crippen LogP contribution in [0.25, 0.3) is 0 Å². The van der Waals surface area contributed by atoms with E-state index in [0.29, 0.717) is 5.92 Å². The quantitative estimate of drug-likeness (QED) is 0.782. The molecular formula is C14H27NO. The third kappa shape index (κ3) is 4.54. The summed E-state index contributed by atoms with van der Waals surface area (Å²) in [6.07, 6.45) is 7.21. The molecule has 1 unspecified atom stereocenters. The third-order valence-electron chi connectivity index (χ3n) is 3.88. The SMILES string of the molecule is CC(NC(=O)CC1CCCCC1)C(C)(C)C. The molecule has 1 rings (SSSR count). The number of hydrogen-bond acceptors (Lipinski definition) is 1. The van der Waals surface area contributed by atoms with E-state index in [-0.39, 0.29) is 17.4 Å². The van der Waals surface area contributed by atoms with Crippen molar-refractivity contribution in [2.24, 2.45) is 11.3 Å². The van der Waals surface area contributed by atoms with Crippen molar-refractivity contribution in [1.29, 1.82) is 0 Å². The summed E-state index contributed by atoms with van der Waals surface area (Å²) >= 11 is 0. The highest BCUT2D eigenvalue weighted by molar-refractivity contribution is 5.76. The average molecular weight is 225 g/mol. The van der Waals surface area contributed by atoms with Gasteiger partial charge in [-0.1, -0.05) is 40.0 Å². The van der Waals surface area contributed by atoms with Gasteiger partial charge in [0.25, 0.3) is 0 Å². The molecule has 0 spiro atoms. The van der Waals surface area contributed by atoms with E-state index >= 15 is 0 Å². The third-order valence-corrected chi connectivity index (χ3v) is 3.88. The number of amides is 1. The van der Waals surface area contributed by atoms with Crippen molar-refractivity contribution in [1.82, 2.24) is 5.32 Å². The van der Waals surface area contributed by atoms with Gasteiger partial charge in [0.1, 0.15) is 0 Å². The summed E-state index contributed by atoms with van der Waals surface area (Å²) in [5, 5.41) is 3.13. The van der Waals surface area contributed by atoms with Crippen LogP contribution in [0.15, 0.2) is 0 Å². The Balaban J connectivity index is 2.29. The lowest BCUT2D eigenvalue weighted by atomic mass is 9.85. The van der Waals surface area contributed by atoms with Gasteiger partial charge in [0.15, 0.2) is 0 Å². The van der Waals surface area contributed by atoms with Crippen LogP contribution in [0.1, 0.15) is 66.2 Å². The van der Waals surface area contributed by atoms with Gasteiger partial charge in [-0.25, -0.2) is 0 Å². The number of hydrogen-bond donors (Lipinski definition) is 1. The summed E-state index contributed by atoms with van der Waals surface area (Å²) in [5.41, 5.74) is 0.155. The van der Waals surface area contributed by atoms with Crippen molar-refractivity contribution < 1.29 is 4.79 Å². The van der Waals surface area contributed by atoms with E-state index in [1.54, 1.807) is 0 Å². The van der Waals surface area contributed by atoms with Crippen LogP contribution in [0.2, 0.25) is 0 Å². The molecule has 1 N–H and O–H groups in total. The Labute approximate surface area is 100 Å². The minimum absolute atomic E-state index is 0.155. The first-order valence-corrected chi connectivity index (χ1v) is 6.69. The number of nitrogens with one attached hydrogen (secondary N) is 1. The van der Waals surface area contributed by atoms with E-state index in [1.807, 2.05) is 0 Å². The van der Waals surface area contributed by atoms with Gasteiger partial charge in [-0.2, -0.15) is 0 Å². The maximum absolute atomic E-state index is 11.9. The smallest absolute Gasteiger partial charge is 0.220 e. The lowest BCUT2D eigenvalue weighted by Gasteiger charge is -2.29. The molecule has 1 fully saturated rings. The lowest BCUT2D eigenvalue weighted by Crippen LogP contribution is -2.42. The molecule has 0 saturated heterocycles. The van der Waals surface area contributed by atoms with Crippen LogP contribution in [0, 0.1) is 11.3 Å². The van der Waals surface area contributed by atoms with Gasteiger partial charge < -0.3 is 5.32 Å². The maximum Gasteiger partial charge on any atom is 0.220 e. The topological polar surface area (TPSA) is 29.1 Å². The van der Waals surface area contributed by atoms with Crippen molar-refractivity contribution in [3.8, 4) is 0 Å². The van der Waals surface area contributed by atoms with Gasteiger partial charge >= 0.3 is 0 Å². The fourth-order valence-corrected chi connectivity index (χ4v) is 2.17. The zero-order valence-electron chi connectivity index (χ0n) is 11.3. The Morgan fingerprint density at radius 2 is 1.81 bits per heavy atom. The zero-order valence-corrected chi connectivity index (χ0v) is 11.3. The normalized spacial score (nSPS) is 20.5. The molecule has 1 amide bonds. The molecule has 1 aliphatic carbocycles. The Morgan fingerprint density at radius 1 is 1.25 bits per heavy atom. The highest BCUT2D eigenvalue weighted by Crippen LogP contribution is 2.26. The van der Waals surface area contributed by atoms with Gasteiger partial charge in [0.05, 0.1) is 0 Å². The van der Waals surface area contributed by atoms with E-state index < -0.39 is 0 Å². The van der Waals surface area contributed by atoms with Gasteiger partial charge in [-0.05, 0) is 31.1 Å². The van der Waals surface area contributed by atoms with Crippen LogP contribution in [-0.4, -0.2) is 11.9 Å². The van der Waals surface area contributed by atoms with Crippen LogP contribution in [0.4, 0.5) is 0 Å². The van der Waals surface area contributed by atoms with Crippen LogP contribution < -0.4 is 5.32 Å². The fourth-order valence-electron chi connectivity index (χ4n) is 2.17. The second-order valence-corrected chi connectivity index (χ2v) is 6.36. The molecule has 0 radical (unpaired) electrons. The molecule has 1 atom stereocenters. The Bertz CT molecular complexity index is 223. The maximum atomic E-state index is 11.9. The van der Waals surface area contributed by atoms with Crippen molar-refractivity contribution in [2.45, 2.75) is 72.3 Å². The minimum Gasteiger partial charge on any atom is -0.353 e. The molecule has 0 aromatic rings. The summed E-state index contributed by atoms with van der Waals surface area (Å²) in [4.78, 5) is 11.9. The predicted octanol–water partition coefficient (Wildman–Crippen LogP) is 3.51. The molecule has 0 bridgehead atoms. The Kier molecular flexibility index (Phi) is 4.82. The highest BCUT2D eigenvalue weighted by Gasteiger charge is 2.23. The first-order chi connectivity index (χ1) is 7.39. The van der Waals surface area contributed by atoms with Crippen molar-refractivity contribution in [3.05, 3.63) is 0 Å². The van der Waals surface area contributed by atoms with E-state index in [0.717, 1.165) is 6.42 Å². The first kappa shape index (κ1) is 13.5. The molecule has 2 nitrogen and oxygen atoms in total. The van der Waals surface area contributed by atoms with Crippen LogP contribution >= 0.6 is 0 Å². The van der Waals surface area contributed by atoms with Crippen LogP contribution in [0.3, 0.4) is 0 Å². The molecule has 1 saturated carbocycles. The molecule has 0 heterocycles. The molecular weight excluding hydrogens is 198 g/mol.